The van der Waals surface area contributed by atoms with E-state index in [4.69, 9.17) is 4.74 Å². The Kier molecular flexibility index (Phi) is 7.14. The van der Waals surface area contributed by atoms with Gasteiger partial charge in [0.25, 0.3) is 0 Å². The van der Waals surface area contributed by atoms with Crippen molar-refractivity contribution >= 4 is 11.8 Å². The van der Waals surface area contributed by atoms with Crippen molar-refractivity contribution in [3.05, 3.63) is 65.5 Å². The van der Waals surface area contributed by atoms with Crippen LogP contribution in [0.1, 0.15) is 24.5 Å². The van der Waals surface area contributed by atoms with Crippen molar-refractivity contribution in [2.24, 2.45) is 0 Å². The van der Waals surface area contributed by atoms with Crippen LogP contribution in [0.3, 0.4) is 0 Å². The van der Waals surface area contributed by atoms with E-state index in [-0.39, 0.29) is 24.1 Å². The number of ether oxygens (including phenoxy) is 1. The van der Waals surface area contributed by atoms with Gasteiger partial charge in [0.15, 0.2) is 0 Å². The molecule has 2 rings (SSSR count). The molecule has 0 aliphatic rings. The highest BCUT2D eigenvalue weighted by atomic mass is 19.1. The zero-order chi connectivity index (χ0) is 18.9. The quantitative estimate of drug-likeness (QED) is 0.789. The van der Waals surface area contributed by atoms with E-state index in [1.807, 2.05) is 24.3 Å². The summed E-state index contributed by atoms with van der Waals surface area (Å²) in [6.45, 7) is 2.53. The number of methoxy groups -OCH3 is 1. The maximum Gasteiger partial charge on any atom is 0.222 e. The summed E-state index contributed by atoms with van der Waals surface area (Å²) in [4.78, 5) is 25.4. The van der Waals surface area contributed by atoms with Crippen LogP contribution in [0.5, 0.6) is 5.75 Å². The first kappa shape index (κ1) is 19.4. The molecule has 2 aromatic carbocycles. The van der Waals surface area contributed by atoms with Gasteiger partial charge in [-0.05, 0) is 35.4 Å². The lowest BCUT2D eigenvalue weighted by atomic mass is 10.2. The van der Waals surface area contributed by atoms with E-state index in [1.165, 1.54) is 19.1 Å². The first-order chi connectivity index (χ1) is 12.5. The van der Waals surface area contributed by atoms with E-state index in [1.54, 1.807) is 24.1 Å². The number of carbonyl (C=O) groups is 2. The van der Waals surface area contributed by atoms with Crippen molar-refractivity contribution < 1.29 is 18.7 Å². The summed E-state index contributed by atoms with van der Waals surface area (Å²) in [5.74, 6) is 0.183. The molecular formula is C20H23FN2O3. The Morgan fingerprint density at radius 1 is 1.04 bits per heavy atom. The second-order valence-corrected chi connectivity index (χ2v) is 5.94. The third-order valence-electron chi connectivity index (χ3n) is 3.99. The minimum Gasteiger partial charge on any atom is -0.497 e. The third kappa shape index (κ3) is 6.20. The topological polar surface area (TPSA) is 58.6 Å². The number of rotatable bonds is 8. The Bertz CT molecular complexity index is 730. The molecule has 0 spiro atoms. The summed E-state index contributed by atoms with van der Waals surface area (Å²) in [6, 6.07) is 13.4. The van der Waals surface area contributed by atoms with Gasteiger partial charge in [0.1, 0.15) is 11.6 Å². The molecule has 0 aliphatic carbocycles. The van der Waals surface area contributed by atoms with Crippen LogP contribution in [0.15, 0.2) is 48.5 Å². The largest absolute Gasteiger partial charge is 0.497 e. The maximum absolute atomic E-state index is 13.0. The third-order valence-corrected chi connectivity index (χ3v) is 3.99. The second-order valence-electron chi connectivity index (χ2n) is 5.94. The molecule has 0 radical (unpaired) electrons. The molecule has 0 saturated heterocycles. The van der Waals surface area contributed by atoms with Crippen LogP contribution in [0, 0.1) is 5.82 Å². The van der Waals surface area contributed by atoms with Crippen LogP contribution >= 0.6 is 0 Å². The number of nitrogens with zero attached hydrogens (tertiary/aromatic N) is 1. The first-order valence-electron chi connectivity index (χ1n) is 8.37. The summed E-state index contributed by atoms with van der Waals surface area (Å²) >= 11 is 0. The predicted octanol–water partition coefficient (Wildman–Crippen LogP) is 2.89. The monoisotopic (exact) mass is 358 g/mol. The highest BCUT2D eigenvalue weighted by molar-refractivity contribution is 5.78. The summed E-state index contributed by atoms with van der Waals surface area (Å²) in [6.07, 6.45) is 0.205. The summed E-state index contributed by atoms with van der Waals surface area (Å²) < 4.78 is 18.1. The minimum absolute atomic E-state index is 0.128. The molecule has 0 bridgehead atoms. The van der Waals surface area contributed by atoms with E-state index in [0.29, 0.717) is 19.6 Å². The molecule has 26 heavy (non-hydrogen) atoms. The average Bonchev–Trinajstić information content (AvgIpc) is 2.65. The number of hydrogen-bond acceptors (Lipinski definition) is 3. The Morgan fingerprint density at radius 2 is 1.65 bits per heavy atom. The smallest absolute Gasteiger partial charge is 0.222 e. The van der Waals surface area contributed by atoms with Crippen molar-refractivity contribution in [3.8, 4) is 5.75 Å². The minimum atomic E-state index is -0.318. The van der Waals surface area contributed by atoms with E-state index in [2.05, 4.69) is 5.32 Å². The lowest BCUT2D eigenvalue weighted by Crippen LogP contribution is -2.33. The molecular weight excluding hydrogens is 335 g/mol. The molecule has 6 heteroatoms. The number of benzene rings is 2. The van der Waals surface area contributed by atoms with Gasteiger partial charge in [-0.25, -0.2) is 4.39 Å². The van der Waals surface area contributed by atoms with Gasteiger partial charge in [-0.3, -0.25) is 9.59 Å². The fourth-order valence-electron chi connectivity index (χ4n) is 2.43. The van der Waals surface area contributed by atoms with Crippen LogP contribution in [-0.4, -0.2) is 30.4 Å². The lowest BCUT2D eigenvalue weighted by Gasteiger charge is -2.21. The highest BCUT2D eigenvalue weighted by Crippen LogP contribution is 2.11. The lowest BCUT2D eigenvalue weighted by molar-refractivity contribution is -0.130. The molecule has 0 heterocycles. The van der Waals surface area contributed by atoms with Gasteiger partial charge in [-0.15, -0.1) is 0 Å². The number of amides is 2. The number of halogens is 1. The first-order valence-corrected chi connectivity index (χ1v) is 8.37. The van der Waals surface area contributed by atoms with Crippen LogP contribution in [0.4, 0.5) is 4.39 Å². The number of nitrogens with one attached hydrogen (secondary N) is 1. The van der Waals surface area contributed by atoms with Crippen LogP contribution in [0.2, 0.25) is 0 Å². The Morgan fingerprint density at radius 3 is 2.23 bits per heavy atom. The van der Waals surface area contributed by atoms with Gasteiger partial charge in [-0.1, -0.05) is 24.3 Å². The van der Waals surface area contributed by atoms with Crippen molar-refractivity contribution in [1.29, 1.82) is 0 Å². The van der Waals surface area contributed by atoms with Crippen LogP contribution in [0.25, 0.3) is 0 Å². The standard InChI is InChI=1S/C20H23FN2O3/c1-15(24)23(14-17-3-7-18(21)8-4-17)12-11-20(25)22-13-16-5-9-19(26-2)10-6-16/h3-10H,11-14H2,1-2H3,(H,22,25). The Labute approximate surface area is 152 Å². The number of carbonyl (C=O) groups excluding carboxylic acids is 2. The van der Waals surface area contributed by atoms with E-state index >= 15 is 0 Å². The van der Waals surface area contributed by atoms with Crippen molar-refractivity contribution in [2.75, 3.05) is 13.7 Å². The van der Waals surface area contributed by atoms with Gasteiger partial charge >= 0.3 is 0 Å². The van der Waals surface area contributed by atoms with Gasteiger partial charge in [0, 0.05) is 33.0 Å². The fraction of sp³-hybridized carbons (Fsp3) is 0.300. The summed E-state index contributed by atoms with van der Waals surface area (Å²) in [7, 11) is 1.60. The molecule has 2 amide bonds. The zero-order valence-corrected chi connectivity index (χ0v) is 15.0. The maximum atomic E-state index is 13.0. The summed E-state index contributed by atoms with van der Waals surface area (Å²) in [5.41, 5.74) is 1.79. The molecule has 1 N–H and O–H groups in total. The van der Waals surface area contributed by atoms with E-state index < -0.39 is 0 Å². The second kappa shape index (κ2) is 9.56. The Hall–Kier alpha value is -2.89. The van der Waals surface area contributed by atoms with E-state index in [9.17, 15) is 14.0 Å². The average molecular weight is 358 g/mol. The summed E-state index contributed by atoms with van der Waals surface area (Å²) in [5, 5.41) is 2.83. The molecule has 0 saturated carbocycles. The van der Waals surface area contributed by atoms with Crippen molar-refractivity contribution in [2.45, 2.75) is 26.4 Å². The molecule has 0 atom stereocenters. The van der Waals surface area contributed by atoms with Gasteiger partial charge in [0.2, 0.25) is 11.8 Å². The normalized spacial score (nSPS) is 10.3. The SMILES string of the molecule is COc1ccc(CNC(=O)CCN(Cc2ccc(F)cc2)C(C)=O)cc1. The molecule has 2 aromatic rings. The number of hydrogen-bond donors (Lipinski definition) is 1. The molecule has 0 aromatic heterocycles. The van der Waals surface area contributed by atoms with Gasteiger partial charge < -0.3 is 15.0 Å². The molecule has 0 fully saturated rings. The van der Waals surface area contributed by atoms with Crippen LogP contribution < -0.4 is 10.1 Å². The van der Waals surface area contributed by atoms with Crippen LogP contribution in [-0.2, 0) is 22.7 Å². The van der Waals surface area contributed by atoms with Gasteiger partial charge in [0.05, 0.1) is 7.11 Å². The van der Waals surface area contributed by atoms with E-state index in [0.717, 1.165) is 16.9 Å². The zero-order valence-electron chi connectivity index (χ0n) is 15.0. The highest BCUT2D eigenvalue weighted by Gasteiger charge is 2.12. The Balaban J connectivity index is 1.80. The molecule has 0 unspecified atom stereocenters. The van der Waals surface area contributed by atoms with Crippen molar-refractivity contribution in [3.63, 3.8) is 0 Å². The fourth-order valence-corrected chi connectivity index (χ4v) is 2.43. The predicted molar refractivity (Wildman–Crippen MR) is 96.9 cm³/mol. The molecule has 5 nitrogen and oxygen atoms in total. The van der Waals surface area contributed by atoms with Gasteiger partial charge in [-0.2, -0.15) is 0 Å². The van der Waals surface area contributed by atoms with Crippen molar-refractivity contribution in [1.82, 2.24) is 10.2 Å². The molecule has 138 valence electrons. The molecule has 0 aliphatic heterocycles.